The summed E-state index contributed by atoms with van der Waals surface area (Å²) in [6, 6.07) is 1.55. The van der Waals surface area contributed by atoms with E-state index < -0.39 is 0 Å². The molecule has 0 aromatic carbocycles. The van der Waals surface area contributed by atoms with Gasteiger partial charge in [0.2, 0.25) is 11.8 Å². The van der Waals surface area contributed by atoms with Crippen LogP contribution < -0.4 is 0 Å². The van der Waals surface area contributed by atoms with Gasteiger partial charge in [-0.2, -0.15) is 4.98 Å². The lowest BCUT2D eigenvalue weighted by molar-refractivity contribution is -0.138. The zero-order valence-electron chi connectivity index (χ0n) is 17.0. The Balaban J connectivity index is 1.57. The second-order valence-corrected chi connectivity index (χ2v) is 8.04. The van der Waals surface area contributed by atoms with Gasteiger partial charge in [-0.3, -0.25) is 14.6 Å². The lowest BCUT2D eigenvalue weighted by Gasteiger charge is -2.29. The zero-order valence-corrected chi connectivity index (χ0v) is 17.0. The second kappa shape index (κ2) is 8.31. The van der Waals surface area contributed by atoms with Crippen molar-refractivity contribution < 1.29 is 14.1 Å². The predicted octanol–water partition coefficient (Wildman–Crippen LogP) is 2.69. The minimum absolute atomic E-state index is 0.0585. The highest BCUT2D eigenvalue weighted by molar-refractivity contribution is 5.94. The van der Waals surface area contributed by atoms with Crippen molar-refractivity contribution in [3.05, 3.63) is 41.3 Å². The summed E-state index contributed by atoms with van der Waals surface area (Å²) in [5, 5.41) is 3.91. The highest BCUT2D eigenvalue weighted by atomic mass is 16.5. The van der Waals surface area contributed by atoms with Gasteiger partial charge in [0.25, 0.3) is 5.91 Å². The van der Waals surface area contributed by atoms with Crippen LogP contribution in [0.2, 0.25) is 0 Å². The number of nitrogens with zero attached hydrogens (tertiary/aromatic N) is 5. The van der Waals surface area contributed by atoms with Gasteiger partial charge in [0.1, 0.15) is 6.04 Å². The number of carbonyl (C=O) groups excluding carboxylic acids is 2. The highest BCUT2D eigenvalue weighted by Crippen LogP contribution is 2.32. The van der Waals surface area contributed by atoms with Crippen LogP contribution in [0.5, 0.6) is 0 Å². The smallest absolute Gasteiger partial charge is 0.255 e. The van der Waals surface area contributed by atoms with Crippen LogP contribution in [-0.4, -0.2) is 56.4 Å². The predicted molar refractivity (Wildman–Crippen MR) is 105 cm³/mol. The number of carbonyl (C=O) groups is 2. The molecule has 1 saturated heterocycles. The maximum Gasteiger partial charge on any atom is 0.255 e. The fourth-order valence-corrected chi connectivity index (χ4v) is 4.36. The number of hydrogen-bond donors (Lipinski definition) is 0. The first-order valence-electron chi connectivity index (χ1n) is 10.3. The molecule has 1 aliphatic carbocycles. The minimum atomic E-state index is -0.294. The Hall–Kier alpha value is -2.77. The van der Waals surface area contributed by atoms with E-state index in [2.05, 4.69) is 15.1 Å². The van der Waals surface area contributed by atoms with Gasteiger partial charge in [-0.25, -0.2) is 0 Å². The molecule has 1 aliphatic heterocycles. The molecule has 2 amide bonds. The minimum Gasteiger partial charge on any atom is -0.337 e. The van der Waals surface area contributed by atoms with Crippen LogP contribution >= 0.6 is 0 Å². The number of amides is 2. The van der Waals surface area contributed by atoms with Crippen LogP contribution in [0.25, 0.3) is 0 Å². The fraction of sp³-hybridized carbons (Fsp3) is 0.571. The molecule has 154 valence electrons. The Morgan fingerprint density at radius 1 is 1.07 bits per heavy atom. The summed E-state index contributed by atoms with van der Waals surface area (Å²) in [6.45, 7) is 5.16. The molecule has 8 heteroatoms. The SMILES string of the molecule is Cc1cncc(C(=O)N2CCC(c3nc(C)no3)N(C(=O)C3CCCC3)CC2)c1. The summed E-state index contributed by atoms with van der Waals surface area (Å²) in [6.07, 6.45) is 7.96. The lowest BCUT2D eigenvalue weighted by atomic mass is 10.0. The van der Waals surface area contributed by atoms with E-state index in [9.17, 15) is 9.59 Å². The molecule has 2 aromatic heterocycles. The first kappa shape index (κ1) is 19.5. The number of aromatic nitrogens is 3. The number of hydrogen-bond acceptors (Lipinski definition) is 6. The second-order valence-electron chi connectivity index (χ2n) is 8.04. The molecule has 0 radical (unpaired) electrons. The van der Waals surface area contributed by atoms with Crippen molar-refractivity contribution in [1.29, 1.82) is 0 Å². The van der Waals surface area contributed by atoms with Gasteiger partial charge in [-0.15, -0.1) is 0 Å². The van der Waals surface area contributed by atoms with Crippen LogP contribution in [0.3, 0.4) is 0 Å². The van der Waals surface area contributed by atoms with E-state index in [0.29, 0.717) is 43.3 Å². The first-order chi connectivity index (χ1) is 14.0. The molecule has 8 nitrogen and oxygen atoms in total. The van der Waals surface area contributed by atoms with E-state index in [1.165, 1.54) is 0 Å². The molecule has 0 N–H and O–H groups in total. The number of aryl methyl sites for hydroxylation is 2. The highest BCUT2D eigenvalue weighted by Gasteiger charge is 2.37. The lowest BCUT2D eigenvalue weighted by Crippen LogP contribution is -2.41. The summed E-state index contributed by atoms with van der Waals surface area (Å²) in [5.74, 6) is 1.16. The molecule has 2 aromatic rings. The van der Waals surface area contributed by atoms with Crippen LogP contribution in [-0.2, 0) is 4.79 Å². The van der Waals surface area contributed by atoms with Gasteiger partial charge in [-0.1, -0.05) is 18.0 Å². The summed E-state index contributed by atoms with van der Waals surface area (Å²) < 4.78 is 5.43. The molecule has 1 saturated carbocycles. The van der Waals surface area contributed by atoms with Gasteiger partial charge in [0, 0.05) is 37.9 Å². The van der Waals surface area contributed by atoms with E-state index in [-0.39, 0.29) is 23.8 Å². The molecule has 1 atom stereocenters. The van der Waals surface area contributed by atoms with Crippen molar-refractivity contribution in [2.24, 2.45) is 5.92 Å². The number of pyridine rings is 1. The molecule has 29 heavy (non-hydrogen) atoms. The van der Waals surface area contributed by atoms with Crippen molar-refractivity contribution in [3.8, 4) is 0 Å². The molecule has 1 unspecified atom stereocenters. The fourth-order valence-electron chi connectivity index (χ4n) is 4.36. The Morgan fingerprint density at radius 3 is 2.55 bits per heavy atom. The largest absolute Gasteiger partial charge is 0.337 e. The van der Waals surface area contributed by atoms with E-state index in [1.54, 1.807) is 24.2 Å². The maximum absolute atomic E-state index is 13.3. The van der Waals surface area contributed by atoms with E-state index >= 15 is 0 Å². The number of rotatable bonds is 3. The van der Waals surface area contributed by atoms with E-state index in [0.717, 1.165) is 31.2 Å². The molecule has 2 fully saturated rings. The van der Waals surface area contributed by atoms with E-state index in [1.807, 2.05) is 17.9 Å². The normalized spacial score (nSPS) is 20.7. The monoisotopic (exact) mass is 397 g/mol. The van der Waals surface area contributed by atoms with Crippen LogP contribution in [0.1, 0.15) is 65.8 Å². The molecule has 0 spiro atoms. The first-order valence-corrected chi connectivity index (χ1v) is 10.3. The molecule has 0 bridgehead atoms. The van der Waals surface area contributed by atoms with Gasteiger partial charge < -0.3 is 14.3 Å². The van der Waals surface area contributed by atoms with Crippen molar-refractivity contribution in [2.75, 3.05) is 19.6 Å². The third-order valence-corrected chi connectivity index (χ3v) is 5.88. The van der Waals surface area contributed by atoms with Crippen molar-refractivity contribution in [3.63, 3.8) is 0 Å². The third-order valence-electron chi connectivity index (χ3n) is 5.88. The standard InChI is InChI=1S/C21H27N5O3/c1-14-11-17(13-22-12-14)20(27)25-8-7-18(19-23-15(2)24-29-19)26(10-9-25)21(28)16-5-3-4-6-16/h11-13,16,18H,3-10H2,1-2H3. The topological polar surface area (TPSA) is 92.4 Å². The molecular formula is C21H27N5O3. The summed E-state index contributed by atoms with van der Waals surface area (Å²) in [4.78, 5) is 38.5. The zero-order chi connectivity index (χ0) is 20.4. The Kier molecular flexibility index (Phi) is 5.60. The molecule has 4 rings (SSSR count). The molecule has 2 aliphatic rings. The molecule has 3 heterocycles. The summed E-state index contributed by atoms with van der Waals surface area (Å²) >= 11 is 0. The third kappa shape index (κ3) is 4.16. The quantitative estimate of drug-likeness (QED) is 0.791. The van der Waals surface area contributed by atoms with E-state index in [4.69, 9.17) is 4.52 Å². The van der Waals surface area contributed by atoms with Crippen LogP contribution in [0, 0.1) is 19.8 Å². The summed E-state index contributed by atoms with van der Waals surface area (Å²) in [7, 11) is 0. The Morgan fingerprint density at radius 2 is 1.86 bits per heavy atom. The Bertz CT molecular complexity index is 890. The van der Waals surface area contributed by atoms with Crippen LogP contribution in [0.15, 0.2) is 23.0 Å². The maximum atomic E-state index is 13.3. The average Bonchev–Trinajstić information content (AvgIpc) is 3.35. The van der Waals surface area contributed by atoms with Gasteiger partial charge in [-0.05, 0) is 44.7 Å². The molecular weight excluding hydrogens is 370 g/mol. The van der Waals surface area contributed by atoms with Gasteiger partial charge >= 0.3 is 0 Å². The van der Waals surface area contributed by atoms with Crippen molar-refractivity contribution >= 4 is 11.8 Å². The Labute approximate surface area is 170 Å². The van der Waals surface area contributed by atoms with Gasteiger partial charge in [0.05, 0.1) is 5.56 Å². The summed E-state index contributed by atoms with van der Waals surface area (Å²) in [5.41, 5.74) is 1.52. The van der Waals surface area contributed by atoms with Gasteiger partial charge in [0.15, 0.2) is 5.82 Å². The van der Waals surface area contributed by atoms with Crippen LogP contribution in [0.4, 0.5) is 0 Å². The average molecular weight is 397 g/mol. The van der Waals surface area contributed by atoms with Crippen molar-refractivity contribution in [2.45, 2.75) is 52.0 Å². The van der Waals surface area contributed by atoms with Crippen molar-refractivity contribution in [1.82, 2.24) is 24.9 Å².